The number of fused-ring (bicyclic) bond motifs is 1. The van der Waals surface area contributed by atoms with Crippen LogP contribution in [-0.4, -0.2) is 29.4 Å². The fourth-order valence-electron chi connectivity index (χ4n) is 2.99. The van der Waals surface area contributed by atoms with Crippen LogP contribution in [0, 0.1) is 23.0 Å². The third kappa shape index (κ3) is 4.32. The molecule has 3 rings (SSSR count). The number of hydrogen-bond donors (Lipinski definition) is 1. The molecule has 0 radical (unpaired) electrons. The predicted octanol–water partition coefficient (Wildman–Crippen LogP) is 3.95. The highest BCUT2D eigenvalue weighted by atomic mass is 35.5. The Balaban J connectivity index is 1.90. The van der Waals surface area contributed by atoms with Gasteiger partial charge in [-0.15, -0.1) is 0 Å². The molecule has 0 aliphatic carbocycles. The number of nitro groups is 1. The van der Waals surface area contributed by atoms with E-state index < -0.39 is 22.8 Å². The molecule has 2 aromatic rings. The molecule has 0 bridgehead atoms. The summed E-state index contributed by atoms with van der Waals surface area (Å²) in [6.07, 6.45) is -0.787. The summed E-state index contributed by atoms with van der Waals surface area (Å²) in [6, 6.07) is 9.07. The van der Waals surface area contributed by atoms with Crippen molar-refractivity contribution >= 4 is 40.5 Å². The van der Waals surface area contributed by atoms with Crippen LogP contribution < -0.4 is 15.0 Å². The smallest absolute Gasteiger partial charge is 0.271 e. The van der Waals surface area contributed by atoms with Gasteiger partial charge < -0.3 is 10.1 Å². The van der Waals surface area contributed by atoms with Crippen LogP contribution in [0.3, 0.4) is 0 Å². The molecule has 0 saturated carbocycles. The fourth-order valence-corrected chi connectivity index (χ4v) is 3.17. The molecule has 0 saturated heterocycles. The molecule has 2 amide bonds. The highest BCUT2D eigenvalue weighted by Gasteiger charge is 2.38. The minimum atomic E-state index is -0.787. The summed E-state index contributed by atoms with van der Waals surface area (Å²) in [7, 11) is 0. The third-order valence-corrected chi connectivity index (χ3v) is 4.98. The van der Waals surface area contributed by atoms with Crippen molar-refractivity contribution in [3.05, 3.63) is 57.1 Å². The third-order valence-electron chi connectivity index (χ3n) is 4.57. The highest BCUT2D eigenvalue weighted by Crippen LogP contribution is 2.38. The summed E-state index contributed by atoms with van der Waals surface area (Å²) in [5.41, 5.74) is 1.36. The van der Waals surface area contributed by atoms with Crippen molar-refractivity contribution in [1.82, 2.24) is 0 Å². The first-order chi connectivity index (χ1) is 13.7. The lowest BCUT2D eigenvalue weighted by Gasteiger charge is -2.35. The zero-order valence-corrected chi connectivity index (χ0v) is 16.9. The lowest BCUT2D eigenvalue weighted by molar-refractivity contribution is -0.384. The second kappa shape index (κ2) is 8.08. The largest absolute Gasteiger partial charge is 0.478 e. The molecule has 1 aliphatic rings. The normalized spacial score (nSPS) is 15.7. The summed E-state index contributed by atoms with van der Waals surface area (Å²) in [5, 5.41) is 14.3. The van der Waals surface area contributed by atoms with Gasteiger partial charge in [-0.05, 0) is 36.6 Å². The van der Waals surface area contributed by atoms with Gasteiger partial charge in [0.1, 0.15) is 12.3 Å². The van der Waals surface area contributed by atoms with E-state index in [1.165, 1.54) is 23.1 Å². The van der Waals surface area contributed by atoms with E-state index in [2.05, 4.69) is 5.32 Å². The van der Waals surface area contributed by atoms with Gasteiger partial charge in [-0.1, -0.05) is 31.5 Å². The van der Waals surface area contributed by atoms with E-state index >= 15 is 0 Å². The van der Waals surface area contributed by atoms with Crippen molar-refractivity contribution in [2.45, 2.75) is 26.9 Å². The van der Waals surface area contributed by atoms with Crippen LogP contribution in [-0.2, 0) is 9.59 Å². The van der Waals surface area contributed by atoms with Crippen molar-refractivity contribution in [1.29, 1.82) is 0 Å². The van der Waals surface area contributed by atoms with Crippen LogP contribution in [0.1, 0.15) is 19.4 Å². The van der Waals surface area contributed by atoms with Crippen LogP contribution in [0.2, 0.25) is 5.02 Å². The van der Waals surface area contributed by atoms with Crippen LogP contribution in [0.25, 0.3) is 0 Å². The van der Waals surface area contributed by atoms with Gasteiger partial charge in [0.05, 0.1) is 10.6 Å². The number of amides is 2. The van der Waals surface area contributed by atoms with Gasteiger partial charge in [0.15, 0.2) is 6.10 Å². The van der Waals surface area contributed by atoms with E-state index in [-0.39, 0.29) is 23.8 Å². The Morgan fingerprint density at radius 3 is 2.66 bits per heavy atom. The molecular weight excluding hydrogens is 398 g/mol. The van der Waals surface area contributed by atoms with Crippen molar-refractivity contribution in [2.75, 3.05) is 16.8 Å². The molecule has 152 valence electrons. The quantitative estimate of drug-likeness (QED) is 0.586. The van der Waals surface area contributed by atoms with Gasteiger partial charge >= 0.3 is 0 Å². The van der Waals surface area contributed by atoms with Gasteiger partial charge in [-0.2, -0.15) is 0 Å². The molecule has 8 nitrogen and oxygen atoms in total. The van der Waals surface area contributed by atoms with Gasteiger partial charge in [0, 0.05) is 22.8 Å². The molecule has 1 heterocycles. The Kier molecular flexibility index (Phi) is 5.74. The lowest BCUT2D eigenvalue weighted by atomic mass is 10.0. The van der Waals surface area contributed by atoms with Crippen molar-refractivity contribution < 1.29 is 19.2 Å². The summed E-state index contributed by atoms with van der Waals surface area (Å²) in [4.78, 5) is 37.3. The van der Waals surface area contributed by atoms with Gasteiger partial charge in [-0.3, -0.25) is 24.6 Å². The number of nitrogens with one attached hydrogen (secondary N) is 1. The molecule has 29 heavy (non-hydrogen) atoms. The van der Waals surface area contributed by atoms with Crippen LogP contribution in [0.4, 0.5) is 17.1 Å². The van der Waals surface area contributed by atoms with Gasteiger partial charge in [0.2, 0.25) is 5.91 Å². The van der Waals surface area contributed by atoms with E-state index in [1.807, 2.05) is 20.8 Å². The number of ether oxygens (including phenoxy) is 1. The highest BCUT2D eigenvalue weighted by molar-refractivity contribution is 6.31. The Bertz CT molecular complexity index is 992. The van der Waals surface area contributed by atoms with Crippen LogP contribution in [0.5, 0.6) is 5.75 Å². The number of anilines is 2. The average molecular weight is 418 g/mol. The maximum atomic E-state index is 12.9. The molecule has 0 spiro atoms. The maximum absolute atomic E-state index is 12.9. The first kappa shape index (κ1) is 20.6. The molecule has 0 fully saturated rings. The van der Waals surface area contributed by atoms with Gasteiger partial charge in [-0.25, -0.2) is 0 Å². The minimum Gasteiger partial charge on any atom is -0.478 e. The Labute approximate surface area is 172 Å². The molecule has 1 aliphatic heterocycles. The Hall–Kier alpha value is -3.13. The zero-order chi connectivity index (χ0) is 21.3. The van der Waals surface area contributed by atoms with E-state index in [1.54, 1.807) is 18.2 Å². The van der Waals surface area contributed by atoms with E-state index in [0.29, 0.717) is 16.5 Å². The fraction of sp³-hybridized carbons (Fsp3) is 0.300. The molecule has 0 aromatic heterocycles. The summed E-state index contributed by atoms with van der Waals surface area (Å²) >= 11 is 6.08. The van der Waals surface area contributed by atoms with E-state index in [0.717, 1.165) is 5.56 Å². The van der Waals surface area contributed by atoms with Crippen molar-refractivity contribution in [3.63, 3.8) is 0 Å². The van der Waals surface area contributed by atoms with Gasteiger partial charge in [0.25, 0.3) is 11.6 Å². The number of nitrogens with zero attached hydrogens (tertiary/aromatic N) is 2. The number of rotatable bonds is 5. The van der Waals surface area contributed by atoms with Crippen LogP contribution in [0.15, 0.2) is 36.4 Å². The monoisotopic (exact) mass is 417 g/mol. The number of nitro benzene ring substituents is 1. The molecule has 9 heteroatoms. The Morgan fingerprint density at radius 2 is 2.03 bits per heavy atom. The number of non-ortho nitro benzene ring substituents is 1. The number of carbonyl (C=O) groups is 2. The molecule has 1 N–H and O–H groups in total. The van der Waals surface area contributed by atoms with Crippen molar-refractivity contribution in [3.8, 4) is 5.75 Å². The molecule has 1 unspecified atom stereocenters. The predicted molar refractivity (Wildman–Crippen MR) is 110 cm³/mol. The standard InChI is InChI=1S/C20H20ClN3O5/c1-11(2)19-20(26)23(16-9-14(24(27)28)6-7-17(16)29-19)10-18(25)22-13-5-4-12(3)15(21)8-13/h4-9,11,19H,10H2,1-3H3,(H,22,25). The number of halogens is 1. The van der Waals surface area contributed by atoms with Crippen LogP contribution >= 0.6 is 11.6 Å². The minimum absolute atomic E-state index is 0.146. The average Bonchev–Trinajstić information content (AvgIpc) is 2.66. The zero-order valence-electron chi connectivity index (χ0n) is 16.1. The first-order valence-electron chi connectivity index (χ1n) is 9.00. The lowest BCUT2D eigenvalue weighted by Crippen LogP contribution is -2.50. The number of benzene rings is 2. The number of aryl methyl sites for hydroxylation is 1. The summed E-state index contributed by atoms with van der Waals surface area (Å²) in [6.45, 7) is 5.18. The number of carbonyl (C=O) groups excluding carboxylic acids is 2. The number of hydrogen-bond acceptors (Lipinski definition) is 5. The second-order valence-corrected chi connectivity index (χ2v) is 7.54. The van der Waals surface area contributed by atoms with E-state index in [4.69, 9.17) is 16.3 Å². The first-order valence-corrected chi connectivity index (χ1v) is 9.37. The molecule has 1 atom stereocenters. The SMILES string of the molecule is Cc1ccc(NC(=O)CN2C(=O)C(C(C)C)Oc3ccc([N+](=O)[O-])cc32)cc1Cl. The van der Waals surface area contributed by atoms with E-state index in [9.17, 15) is 19.7 Å². The van der Waals surface area contributed by atoms with Crippen molar-refractivity contribution in [2.24, 2.45) is 5.92 Å². The second-order valence-electron chi connectivity index (χ2n) is 7.13. The Morgan fingerprint density at radius 1 is 1.31 bits per heavy atom. The summed E-state index contributed by atoms with van der Waals surface area (Å²) < 4.78 is 5.74. The topological polar surface area (TPSA) is 102 Å². The summed E-state index contributed by atoms with van der Waals surface area (Å²) in [5.74, 6) is -0.711. The molecule has 2 aromatic carbocycles. The maximum Gasteiger partial charge on any atom is 0.271 e. The molecular formula is C20H20ClN3O5.